The Morgan fingerprint density at radius 3 is 2.54 bits per heavy atom. The molecule has 28 heavy (non-hydrogen) atoms. The normalized spacial score (nSPS) is 10.6. The number of hydrogen-bond acceptors (Lipinski definition) is 5. The molecule has 6 heteroatoms. The van der Waals surface area contributed by atoms with Crippen molar-refractivity contribution in [2.45, 2.75) is 33.8 Å². The summed E-state index contributed by atoms with van der Waals surface area (Å²) < 4.78 is 5.83. The Labute approximate surface area is 165 Å². The van der Waals surface area contributed by atoms with Gasteiger partial charge >= 0.3 is 0 Å². The number of amides is 1. The quantitative estimate of drug-likeness (QED) is 0.641. The first-order valence-electron chi connectivity index (χ1n) is 9.17. The highest BCUT2D eigenvalue weighted by atomic mass is 16.5. The lowest BCUT2D eigenvalue weighted by Gasteiger charge is -2.15. The number of hydrogen-bond donors (Lipinski definition) is 2. The molecule has 144 valence electrons. The number of carbonyl (C=O) groups excluding carboxylic acids is 1. The van der Waals surface area contributed by atoms with Gasteiger partial charge in [-0.15, -0.1) is 0 Å². The molecule has 1 heterocycles. The van der Waals surface area contributed by atoms with Crippen LogP contribution in [-0.4, -0.2) is 22.0 Å². The minimum absolute atomic E-state index is 0.0470. The molecule has 2 aromatic carbocycles. The van der Waals surface area contributed by atoms with Gasteiger partial charge in [-0.05, 0) is 57.5 Å². The maximum absolute atomic E-state index is 12.6. The number of para-hydroxylation sites is 2. The van der Waals surface area contributed by atoms with Crippen molar-refractivity contribution in [3.63, 3.8) is 0 Å². The van der Waals surface area contributed by atoms with E-state index in [1.165, 1.54) is 0 Å². The molecular weight excluding hydrogens is 352 g/mol. The number of anilines is 3. The molecule has 0 fully saturated rings. The molecule has 3 rings (SSSR count). The molecule has 0 radical (unpaired) electrons. The van der Waals surface area contributed by atoms with E-state index in [9.17, 15) is 4.79 Å². The Kier molecular flexibility index (Phi) is 5.89. The second-order valence-corrected chi connectivity index (χ2v) is 6.80. The summed E-state index contributed by atoms with van der Waals surface area (Å²) in [6.45, 7) is 7.67. The van der Waals surface area contributed by atoms with Crippen LogP contribution in [0.1, 0.15) is 35.7 Å². The Morgan fingerprint density at radius 2 is 1.79 bits per heavy atom. The topological polar surface area (TPSA) is 76.1 Å². The van der Waals surface area contributed by atoms with E-state index in [1.54, 1.807) is 13.0 Å². The van der Waals surface area contributed by atoms with E-state index in [2.05, 4.69) is 20.6 Å². The third kappa shape index (κ3) is 5.07. The molecular formula is C22H24N4O2. The van der Waals surface area contributed by atoms with E-state index in [0.29, 0.717) is 17.3 Å². The van der Waals surface area contributed by atoms with Crippen molar-refractivity contribution in [3.8, 4) is 5.75 Å². The SMILES string of the molecule is Cc1cccc(NC(=O)c2cc(Nc3ccccc3OC(C)C)nc(C)n2)c1. The van der Waals surface area contributed by atoms with Crippen LogP contribution in [-0.2, 0) is 0 Å². The van der Waals surface area contributed by atoms with Crippen molar-refractivity contribution < 1.29 is 9.53 Å². The van der Waals surface area contributed by atoms with Gasteiger partial charge in [0.25, 0.3) is 5.91 Å². The molecule has 0 aliphatic carbocycles. The van der Waals surface area contributed by atoms with Crippen LogP contribution in [0.3, 0.4) is 0 Å². The zero-order chi connectivity index (χ0) is 20.1. The Morgan fingerprint density at radius 1 is 1.00 bits per heavy atom. The number of aromatic nitrogens is 2. The van der Waals surface area contributed by atoms with E-state index in [1.807, 2.05) is 69.3 Å². The first-order chi connectivity index (χ1) is 13.4. The van der Waals surface area contributed by atoms with Gasteiger partial charge in [-0.1, -0.05) is 24.3 Å². The highest BCUT2D eigenvalue weighted by Gasteiger charge is 2.13. The molecule has 6 nitrogen and oxygen atoms in total. The highest BCUT2D eigenvalue weighted by Crippen LogP contribution is 2.28. The van der Waals surface area contributed by atoms with Gasteiger partial charge in [0.2, 0.25) is 0 Å². The van der Waals surface area contributed by atoms with E-state index < -0.39 is 0 Å². The fourth-order valence-electron chi connectivity index (χ4n) is 2.73. The van der Waals surface area contributed by atoms with Gasteiger partial charge in [0.1, 0.15) is 23.1 Å². The fraction of sp³-hybridized carbons (Fsp3) is 0.227. The minimum atomic E-state index is -0.286. The number of rotatable bonds is 6. The molecule has 1 amide bonds. The van der Waals surface area contributed by atoms with Gasteiger partial charge < -0.3 is 15.4 Å². The monoisotopic (exact) mass is 376 g/mol. The molecule has 3 aromatic rings. The van der Waals surface area contributed by atoms with E-state index in [4.69, 9.17) is 4.74 Å². The number of nitrogens with one attached hydrogen (secondary N) is 2. The molecule has 0 saturated heterocycles. The standard InChI is InChI=1S/C22H24N4O2/c1-14(2)28-20-11-6-5-10-18(20)26-21-13-19(23-16(4)24-21)22(27)25-17-9-7-8-15(3)12-17/h5-14H,1-4H3,(H,25,27)(H,23,24,26). The molecule has 0 bridgehead atoms. The number of benzene rings is 2. The van der Waals surface area contributed by atoms with Crippen molar-refractivity contribution in [2.24, 2.45) is 0 Å². The second kappa shape index (κ2) is 8.52. The molecule has 1 aromatic heterocycles. The number of carbonyl (C=O) groups is 1. The predicted molar refractivity (Wildman–Crippen MR) is 111 cm³/mol. The summed E-state index contributed by atoms with van der Waals surface area (Å²) in [6.07, 6.45) is 0.0470. The van der Waals surface area contributed by atoms with Crippen molar-refractivity contribution in [1.29, 1.82) is 0 Å². The fourth-order valence-corrected chi connectivity index (χ4v) is 2.73. The largest absolute Gasteiger partial charge is 0.489 e. The molecule has 0 unspecified atom stereocenters. The average molecular weight is 376 g/mol. The third-order valence-electron chi connectivity index (χ3n) is 3.86. The Balaban J connectivity index is 1.83. The zero-order valence-electron chi connectivity index (χ0n) is 16.5. The molecule has 0 spiro atoms. The van der Waals surface area contributed by atoms with Gasteiger partial charge in [-0.3, -0.25) is 4.79 Å². The Bertz CT molecular complexity index is 986. The van der Waals surface area contributed by atoms with Gasteiger partial charge in [-0.25, -0.2) is 9.97 Å². The lowest BCUT2D eigenvalue weighted by atomic mass is 10.2. The predicted octanol–water partition coefficient (Wildman–Crippen LogP) is 4.88. The van der Waals surface area contributed by atoms with Crippen LogP contribution < -0.4 is 15.4 Å². The van der Waals surface area contributed by atoms with Crippen LogP contribution >= 0.6 is 0 Å². The number of ether oxygens (including phenoxy) is 1. The molecule has 0 atom stereocenters. The lowest BCUT2D eigenvalue weighted by Crippen LogP contribution is -2.15. The van der Waals surface area contributed by atoms with E-state index >= 15 is 0 Å². The first-order valence-corrected chi connectivity index (χ1v) is 9.17. The highest BCUT2D eigenvalue weighted by molar-refractivity contribution is 6.03. The van der Waals surface area contributed by atoms with Crippen LogP contribution in [0.5, 0.6) is 5.75 Å². The summed E-state index contributed by atoms with van der Waals surface area (Å²) in [7, 11) is 0. The number of nitrogens with zero attached hydrogens (tertiary/aromatic N) is 2. The molecule has 0 saturated carbocycles. The lowest BCUT2D eigenvalue weighted by molar-refractivity contribution is 0.102. The molecule has 2 N–H and O–H groups in total. The summed E-state index contributed by atoms with van der Waals surface area (Å²) in [5.74, 6) is 1.47. The molecule has 0 aliphatic heterocycles. The van der Waals surface area contributed by atoms with Crippen LogP contribution in [0.15, 0.2) is 54.6 Å². The maximum atomic E-state index is 12.6. The van der Waals surface area contributed by atoms with Gasteiger partial charge in [0.15, 0.2) is 0 Å². The van der Waals surface area contributed by atoms with Crippen LogP contribution in [0.4, 0.5) is 17.2 Å². The van der Waals surface area contributed by atoms with Crippen LogP contribution in [0.2, 0.25) is 0 Å². The van der Waals surface area contributed by atoms with Crippen molar-refractivity contribution in [1.82, 2.24) is 9.97 Å². The maximum Gasteiger partial charge on any atom is 0.274 e. The van der Waals surface area contributed by atoms with Gasteiger partial charge in [-0.2, -0.15) is 0 Å². The van der Waals surface area contributed by atoms with Crippen molar-refractivity contribution in [2.75, 3.05) is 10.6 Å². The van der Waals surface area contributed by atoms with Gasteiger partial charge in [0.05, 0.1) is 11.8 Å². The van der Waals surface area contributed by atoms with Crippen LogP contribution in [0.25, 0.3) is 0 Å². The van der Waals surface area contributed by atoms with Crippen molar-refractivity contribution in [3.05, 3.63) is 71.7 Å². The number of aryl methyl sites for hydroxylation is 2. The second-order valence-electron chi connectivity index (χ2n) is 6.80. The minimum Gasteiger partial charge on any atom is -0.489 e. The zero-order valence-corrected chi connectivity index (χ0v) is 16.5. The smallest absolute Gasteiger partial charge is 0.274 e. The Hall–Kier alpha value is -3.41. The third-order valence-corrected chi connectivity index (χ3v) is 3.86. The van der Waals surface area contributed by atoms with E-state index in [0.717, 1.165) is 22.7 Å². The van der Waals surface area contributed by atoms with Gasteiger partial charge in [0, 0.05) is 11.8 Å². The van der Waals surface area contributed by atoms with E-state index in [-0.39, 0.29) is 12.0 Å². The summed E-state index contributed by atoms with van der Waals surface area (Å²) in [4.78, 5) is 21.3. The summed E-state index contributed by atoms with van der Waals surface area (Å²) in [5.41, 5.74) is 2.87. The molecule has 0 aliphatic rings. The summed E-state index contributed by atoms with van der Waals surface area (Å²) in [6, 6.07) is 16.9. The average Bonchev–Trinajstić information content (AvgIpc) is 2.62. The summed E-state index contributed by atoms with van der Waals surface area (Å²) in [5, 5.41) is 6.10. The summed E-state index contributed by atoms with van der Waals surface area (Å²) >= 11 is 0. The first kappa shape index (κ1) is 19.4. The van der Waals surface area contributed by atoms with Crippen LogP contribution in [0, 0.1) is 13.8 Å². The van der Waals surface area contributed by atoms with Crippen molar-refractivity contribution >= 4 is 23.1 Å².